The number of carbonyl (C=O) groups is 1. The summed E-state index contributed by atoms with van der Waals surface area (Å²) in [5.74, 6) is -0.594. The maximum Gasteiger partial charge on any atom is 0.264 e. The molecule has 1 heterocycles. The van der Waals surface area contributed by atoms with Crippen LogP contribution in [0.15, 0.2) is 71.6 Å². The lowest BCUT2D eigenvalue weighted by molar-refractivity contribution is -0.114. The lowest BCUT2D eigenvalue weighted by atomic mass is 10.2. The number of amides is 1. The SMILES string of the molecule is Cc1ccc(-c2nnc(NC(=O)CN(c3cc(Cl)cc(Cl)c3)S(=O)(=O)c3ccc(C)cc3)s2)cc1. The van der Waals surface area contributed by atoms with Crippen molar-refractivity contribution in [1.29, 1.82) is 0 Å². The molecule has 1 amide bonds. The van der Waals surface area contributed by atoms with E-state index < -0.39 is 22.5 Å². The molecule has 0 aliphatic heterocycles. The van der Waals surface area contributed by atoms with E-state index in [0.29, 0.717) is 5.01 Å². The third-order valence-electron chi connectivity index (χ3n) is 5.00. The van der Waals surface area contributed by atoms with Crippen LogP contribution in [-0.4, -0.2) is 31.1 Å². The number of nitrogens with one attached hydrogen (secondary N) is 1. The predicted molar refractivity (Wildman–Crippen MR) is 141 cm³/mol. The molecule has 0 aliphatic rings. The van der Waals surface area contributed by atoms with Crippen LogP contribution in [0.1, 0.15) is 11.1 Å². The minimum atomic E-state index is -4.11. The Hall–Kier alpha value is -2.98. The van der Waals surface area contributed by atoms with Gasteiger partial charge in [-0.1, -0.05) is 82.1 Å². The topological polar surface area (TPSA) is 92.3 Å². The highest BCUT2D eigenvalue weighted by atomic mass is 35.5. The van der Waals surface area contributed by atoms with Crippen LogP contribution in [0.5, 0.6) is 0 Å². The van der Waals surface area contributed by atoms with Gasteiger partial charge in [0.2, 0.25) is 11.0 Å². The minimum absolute atomic E-state index is 0.0320. The van der Waals surface area contributed by atoms with Crippen molar-refractivity contribution in [2.24, 2.45) is 0 Å². The van der Waals surface area contributed by atoms with Crippen LogP contribution < -0.4 is 9.62 Å². The second kappa shape index (κ2) is 10.3. The van der Waals surface area contributed by atoms with E-state index in [1.54, 1.807) is 12.1 Å². The summed E-state index contributed by atoms with van der Waals surface area (Å²) in [5, 5.41) is 12.1. The number of aromatic nitrogens is 2. The van der Waals surface area contributed by atoms with Gasteiger partial charge in [-0.3, -0.25) is 14.4 Å². The third-order valence-corrected chi connectivity index (χ3v) is 8.11. The molecule has 1 aromatic heterocycles. The molecule has 180 valence electrons. The number of benzene rings is 3. The number of nitrogens with zero attached hydrogens (tertiary/aromatic N) is 3. The molecule has 11 heteroatoms. The summed E-state index contributed by atoms with van der Waals surface area (Å²) in [5.41, 5.74) is 3.05. The van der Waals surface area contributed by atoms with E-state index in [0.717, 1.165) is 21.0 Å². The molecule has 4 rings (SSSR count). The molecule has 0 aliphatic carbocycles. The molecular weight excluding hydrogens is 527 g/mol. The lowest BCUT2D eigenvalue weighted by Gasteiger charge is -2.24. The van der Waals surface area contributed by atoms with Crippen molar-refractivity contribution < 1.29 is 13.2 Å². The van der Waals surface area contributed by atoms with Crippen LogP contribution >= 0.6 is 34.5 Å². The van der Waals surface area contributed by atoms with Gasteiger partial charge in [0, 0.05) is 15.6 Å². The van der Waals surface area contributed by atoms with Crippen molar-refractivity contribution in [1.82, 2.24) is 10.2 Å². The Bertz CT molecular complexity index is 1450. The summed E-state index contributed by atoms with van der Waals surface area (Å²) in [6, 6.07) is 18.4. The van der Waals surface area contributed by atoms with E-state index in [1.165, 1.54) is 41.7 Å². The van der Waals surface area contributed by atoms with Gasteiger partial charge in [-0.2, -0.15) is 0 Å². The highest BCUT2D eigenvalue weighted by Crippen LogP contribution is 2.30. The number of rotatable bonds is 7. The Morgan fingerprint density at radius 3 is 2.09 bits per heavy atom. The molecule has 1 N–H and O–H groups in total. The first-order valence-electron chi connectivity index (χ1n) is 10.4. The molecule has 0 saturated heterocycles. The number of hydrogen-bond donors (Lipinski definition) is 1. The quantitative estimate of drug-likeness (QED) is 0.308. The molecule has 0 bridgehead atoms. The van der Waals surface area contributed by atoms with E-state index in [4.69, 9.17) is 23.2 Å². The lowest BCUT2D eigenvalue weighted by Crippen LogP contribution is -2.38. The van der Waals surface area contributed by atoms with Gasteiger partial charge in [0.25, 0.3) is 10.0 Å². The second-order valence-electron chi connectivity index (χ2n) is 7.78. The van der Waals surface area contributed by atoms with E-state index >= 15 is 0 Å². The molecule has 0 unspecified atom stereocenters. The number of sulfonamides is 1. The number of anilines is 2. The Kier molecular flexibility index (Phi) is 7.42. The fourth-order valence-corrected chi connectivity index (χ4v) is 5.90. The molecule has 0 fully saturated rings. The molecule has 4 aromatic rings. The van der Waals surface area contributed by atoms with E-state index in [9.17, 15) is 13.2 Å². The van der Waals surface area contributed by atoms with Crippen molar-refractivity contribution in [2.75, 3.05) is 16.2 Å². The Balaban J connectivity index is 1.61. The molecule has 3 aromatic carbocycles. The molecular formula is C24H20Cl2N4O3S2. The van der Waals surface area contributed by atoms with Crippen molar-refractivity contribution in [3.8, 4) is 10.6 Å². The fraction of sp³-hybridized carbons (Fsp3) is 0.125. The van der Waals surface area contributed by atoms with E-state index in [-0.39, 0.29) is 25.8 Å². The first kappa shape index (κ1) is 25.1. The predicted octanol–water partition coefficient (Wildman–Crippen LogP) is 5.96. The third kappa shape index (κ3) is 5.99. The molecule has 35 heavy (non-hydrogen) atoms. The fourth-order valence-electron chi connectivity index (χ4n) is 3.21. The average molecular weight is 547 g/mol. The molecule has 0 atom stereocenters. The van der Waals surface area contributed by atoms with Crippen molar-refractivity contribution in [2.45, 2.75) is 18.7 Å². The normalized spacial score (nSPS) is 11.3. The maximum atomic E-state index is 13.5. The van der Waals surface area contributed by atoms with E-state index in [1.807, 2.05) is 38.1 Å². The Morgan fingerprint density at radius 2 is 1.49 bits per heavy atom. The summed E-state index contributed by atoms with van der Waals surface area (Å²) < 4.78 is 28.0. The zero-order chi connectivity index (χ0) is 25.2. The first-order chi connectivity index (χ1) is 16.6. The largest absolute Gasteiger partial charge is 0.299 e. The second-order valence-corrected chi connectivity index (χ2v) is 11.5. The molecule has 7 nitrogen and oxygen atoms in total. The van der Waals surface area contributed by atoms with Gasteiger partial charge in [0.05, 0.1) is 10.6 Å². The van der Waals surface area contributed by atoms with Crippen molar-refractivity contribution >= 4 is 61.3 Å². The smallest absolute Gasteiger partial charge is 0.264 e. The number of halogens is 2. The summed E-state index contributed by atoms with van der Waals surface area (Å²) in [4.78, 5) is 13.0. The molecule has 0 radical (unpaired) electrons. The molecule has 0 saturated carbocycles. The van der Waals surface area contributed by atoms with Crippen molar-refractivity contribution in [3.63, 3.8) is 0 Å². The number of carbonyl (C=O) groups excluding carboxylic acids is 1. The van der Waals surface area contributed by atoms with Crippen molar-refractivity contribution in [3.05, 3.63) is 87.9 Å². The summed E-state index contributed by atoms with van der Waals surface area (Å²) in [6.07, 6.45) is 0. The summed E-state index contributed by atoms with van der Waals surface area (Å²) in [7, 11) is -4.11. The zero-order valence-electron chi connectivity index (χ0n) is 18.7. The minimum Gasteiger partial charge on any atom is -0.299 e. The van der Waals surface area contributed by atoms with E-state index in [2.05, 4.69) is 15.5 Å². The van der Waals surface area contributed by atoms with Gasteiger partial charge in [0.15, 0.2) is 0 Å². The van der Waals surface area contributed by atoms with Gasteiger partial charge < -0.3 is 0 Å². The monoisotopic (exact) mass is 546 g/mol. The van der Waals surface area contributed by atoms with Crippen LogP contribution in [0, 0.1) is 13.8 Å². The number of aryl methyl sites for hydroxylation is 2. The van der Waals surface area contributed by atoms with Crippen LogP contribution in [0.4, 0.5) is 10.8 Å². The van der Waals surface area contributed by atoms with Gasteiger partial charge >= 0.3 is 0 Å². The zero-order valence-corrected chi connectivity index (χ0v) is 21.8. The van der Waals surface area contributed by atoms with Crippen LogP contribution in [0.3, 0.4) is 0 Å². The van der Waals surface area contributed by atoms with Gasteiger partial charge in [0.1, 0.15) is 11.6 Å². The van der Waals surface area contributed by atoms with Gasteiger partial charge in [-0.25, -0.2) is 8.42 Å². The summed E-state index contributed by atoms with van der Waals surface area (Å²) >= 11 is 13.4. The van der Waals surface area contributed by atoms with Crippen LogP contribution in [0.2, 0.25) is 10.0 Å². The summed E-state index contributed by atoms with van der Waals surface area (Å²) in [6.45, 7) is 3.32. The standard InChI is InChI=1S/C24H20Cl2N4O3S2/c1-15-3-7-17(8-4-15)23-28-29-24(34-23)27-22(31)14-30(20-12-18(25)11-19(26)13-20)35(32,33)21-9-5-16(2)6-10-21/h3-13H,14H2,1-2H3,(H,27,29,31). The highest BCUT2D eigenvalue weighted by Gasteiger charge is 2.28. The van der Waals surface area contributed by atoms with Crippen LogP contribution in [0.25, 0.3) is 10.6 Å². The number of hydrogen-bond acceptors (Lipinski definition) is 6. The highest BCUT2D eigenvalue weighted by molar-refractivity contribution is 7.92. The Morgan fingerprint density at radius 1 is 0.914 bits per heavy atom. The maximum absolute atomic E-state index is 13.5. The van der Waals surface area contributed by atoms with Gasteiger partial charge in [-0.15, -0.1) is 10.2 Å². The average Bonchev–Trinajstić information content (AvgIpc) is 3.26. The molecule has 0 spiro atoms. The van der Waals surface area contributed by atoms with Gasteiger partial charge in [-0.05, 0) is 44.2 Å². The van der Waals surface area contributed by atoms with Crippen LogP contribution in [-0.2, 0) is 14.8 Å². The Labute approximate surface area is 217 Å². The first-order valence-corrected chi connectivity index (χ1v) is 13.4.